The first-order chi connectivity index (χ1) is 11.7. The van der Waals surface area contributed by atoms with Crippen LogP contribution >= 0.6 is 0 Å². The van der Waals surface area contributed by atoms with E-state index in [2.05, 4.69) is 0 Å². The second-order valence-electron chi connectivity index (χ2n) is 5.58. The Bertz CT molecular complexity index is 820. The normalized spacial score (nSPS) is 31.8. The second kappa shape index (κ2) is 5.97. The molecule has 0 aliphatic carbocycles. The predicted octanol–water partition coefficient (Wildman–Crippen LogP) is -1.47. The number of carbonyl (C=O) groups excluding carboxylic acids is 2. The number of aromatic amines is 1. The number of fused-ring (bicyclic) bond motifs is 1. The second-order valence-corrected chi connectivity index (χ2v) is 5.58. The van der Waals surface area contributed by atoms with Gasteiger partial charge in [-0.1, -0.05) is 0 Å². The van der Waals surface area contributed by atoms with Crippen LogP contribution in [0.25, 0.3) is 0 Å². The maximum Gasteiger partial charge on any atom is 0.509 e. The SMILES string of the molecule is C[C@H](N)C(=O)OC[C@@]1(F)O[C@@H](n2ccc(=O)[nH]c2=O)[C@@H]2OC(=O)O[C@@H]21. The van der Waals surface area contributed by atoms with Crippen LogP contribution in [-0.2, 0) is 23.7 Å². The van der Waals surface area contributed by atoms with Gasteiger partial charge in [0.2, 0.25) is 6.10 Å². The number of ether oxygens (including phenoxy) is 4. The number of hydrogen-bond donors (Lipinski definition) is 2. The van der Waals surface area contributed by atoms with Gasteiger partial charge in [-0.2, -0.15) is 0 Å². The Balaban J connectivity index is 1.89. The van der Waals surface area contributed by atoms with Gasteiger partial charge in [0.25, 0.3) is 11.4 Å². The fourth-order valence-corrected chi connectivity index (χ4v) is 2.51. The van der Waals surface area contributed by atoms with Crippen molar-refractivity contribution in [3.05, 3.63) is 33.1 Å². The summed E-state index contributed by atoms with van der Waals surface area (Å²) in [4.78, 5) is 47.8. The van der Waals surface area contributed by atoms with Crippen molar-refractivity contribution in [2.75, 3.05) is 6.61 Å². The lowest BCUT2D eigenvalue weighted by Gasteiger charge is -2.23. The molecule has 3 N–H and O–H groups in total. The minimum absolute atomic E-state index is 0.673. The van der Waals surface area contributed by atoms with Crippen LogP contribution in [0.5, 0.6) is 0 Å². The van der Waals surface area contributed by atoms with Crippen molar-refractivity contribution < 1.29 is 32.9 Å². The molecule has 0 unspecified atom stereocenters. The molecule has 0 aromatic carbocycles. The number of esters is 1. The van der Waals surface area contributed by atoms with Gasteiger partial charge in [-0.15, -0.1) is 0 Å². The molecular weight excluding hydrogens is 345 g/mol. The Hall–Kier alpha value is -2.73. The lowest BCUT2D eigenvalue weighted by molar-refractivity contribution is -0.219. The van der Waals surface area contributed by atoms with E-state index in [1.807, 2.05) is 4.98 Å². The minimum atomic E-state index is -2.76. The maximum absolute atomic E-state index is 15.1. The van der Waals surface area contributed by atoms with Crippen molar-refractivity contribution in [1.29, 1.82) is 0 Å². The average Bonchev–Trinajstić information content (AvgIpc) is 3.03. The summed E-state index contributed by atoms with van der Waals surface area (Å²) in [5, 5.41) is 0. The Morgan fingerprint density at radius 3 is 2.84 bits per heavy atom. The molecule has 1 aromatic rings. The minimum Gasteiger partial charge on any atom is -0.458 e. The first-order valence-electron chi connectivity index (χ1n) is 7.19. The van der Waals surface area contributed by atoms with Crippen molar-refractivity contribution in [3.63, 3.8) is 0 Å². The summed E-state index contributed by atoms with van der Waals surface area (Å²) < 4.78 is 35.4. The van der Waals surface area contributed by atoms with E-state index in [-0.39, 0.29) is 0 Å². The third-order valence-electron chi connectivity index (χ3n) is 3.68. The van der Waals surface area contributed by atoms with E-state index in [0.717, 1.165) is 16.8 Å². The number of nitrogens with zero attached hydrogens (tertiary/aromatic N) is 1. The van der Waals surface area contributed by atoms with E-state index in [1.54, 1.807) is 0 Å². The third-order valence-corrected chi connectivity index (χ3v) is 3.68. The molecule has 0 saturated carbocycles. The summed E-state index contributed by atoms with van der Waals surface area (Å²) in [7, 11) is 0. The molecule has 0 bridgehead atoms. The van der Waals surface area contributed by atoms with E-state index in [1.165, 1.54) is 6.92 Å². The molecule has 2 aliphatic rings. The molecule has 12 heteroatoms. The van der Waals surface area contributed by atoms with Gasteiger partial charge in [-0.3, -0.25) is 19.1 Å². The lowest BCUT2D eigenvalue weighted by Crippen LogP contribution is -2.44. The number of rotatable bonds is 4. The van der Waals surface area contributed by atoms with Gasteiger partial charge in [0.1, 0.15) is 6.04 Å². The topological polar surface area (TPSA) is 152 Å². The zero-order chi connectivity index (χ0) is 18.4. The molecule has 136 valence electrons. The molecule has 25 heavy (non-hydrogen) atoms. The fourth-order valence-electron chi connectivity index (χ4n) is 2.51. The number of alkyl halides is 1. The standard InChI is InChI=1S/C13H14FN3O8/c1-5(15)10(19)22-4-13(14)8-7(23-12(21)24-8)9(25-13)17-3-2-6(18)16-11(17)20/h2-3,5,7-9H,4,15H2,1H3,(H,16,18,20)/t5-,7+,8-,9+,13+/m0/s1. The number of nitrogens with two attached hydrogens (primary N) is 1. The van der Waals surface area contributed by atoms with Crippen molar-refractivity contribution >= 4 is 12.1 Å². The van der Waals surface area contributed by atoms with Crippen LogP contribution in [0, 0.1) is 0 Å². The summed E-state index contributed by atoms with van der Waals surface area (Å²) in [5.74, 6) is -3.66. The Kier molecular flexibility index (Phi) is 4.08. The summed E-state index contributed by atoms with van der Waals surface area (Å²) in [6.07, 6.45) is -4.45. The van der Waals surface area contributed by atoms with E-state index < -0.39 is 60.3 Å². The summed E-state index contributed by atoms with van der Waals surface area (Å²) in [6.45, 7) is 0.409. The molecule has 2 aliphatic heterocycles. The molecule has 5 atom stereocenters. The number of carbonyl (C=O) groups is 2. The number of halogens is 1. The van der Waals surface area contributed by atoms with Crippen molar-refractivity contribution in [2.45, 2.75) is 37.3 Å². The van der Waals surface area contributed by atoms with Gasteiger partial charge in [-0.05, 0) is 6.92 Å². The van der Waals surface area contributed by atoms with Gasteiger partial charge in [0.15, 0.2) is 18.9 Å². The van der Waals surface area contributed by atoms with Crippen molar-refractivity contribution in [1.82, 2.24) is 9.55 Å². The van der Waals surface area contributed by atoms with Gasteiger partial charge in [0.05, 0.1) is 0 Å². The van der Waals surface area contributed by atoms with Crippen LogP contribution in [0.1, 0.15) is 13.2 Å². The largest absolute Gasteiger partial charge is 0.509 e. The van der Waals surface area contributed by atoms with Crippen LogP contribution in [0.3, 0.4) is 0 Å². The quantitative estimate of drug-likeness (QED) is 0.613. The first kappa shape index (κ1) is 17.1. The molecule has 3 heterocycles. The monoisotopic (exact) mass is 359 g/mol. The number of hydrogen-bond acceptors (Lipinski definition) is 9. The highest BCUT2D eigenvalue weighted by Crippen LogP contribution is 2.44. The molecular formula is C13H14FN3O8. The van der Waals surface area contributed by atoms with Crippen LogP contribution in [0.15, 0.2) is 21.9 Å². The molecule has 2 saturated heterocycles. The molecule has 11 nitrogen and oxygen atoms in total. The van der Waals surface area contributed by atoms with Crippen LogP contribution in [0.4, 0.5) is 9.18 Å². The summed E-state index contributed by atoms with van der Waals surface area (Å²) >= 11 is 0. The van der Waals surface area contributed by atoms with Gasteiger partial charge >= 0.3 is 17.8 Å². The molecule has 2 fully saturated rings. The zero-order valence-corrected chi connectivity index (χ0v) is 12.8. The van der Waals surface area contributed by atoms with E-state index in [9.17, 15) is 19.2 Å². The van der Waals surface area contributed by atoms with Crippen LogP contribution < -0.4 is 17.0 Å². The highest BCUT2D eigenvalue weighted by molar-refractivity contribution is 5.74. The van der Waals surface area contributed by atoms with Gasteiger partial charge in [-0.25, -0.2) is 14.0 Å². The zero-order valence-electron chi connectivity index (χ0n) is 12.8. The highest BCUT2D eigenvalue weighted by atomic mass is 19.2. The van der Waals surface area contributed by atoms with Gasteiger partial charge in [0, 0.05) is 12.3 Å². The predicted molar refractivity (Wildman–Crippen MR) is 75.0 cm³/mol. The average molecular weight is 359 g/mol. The summed E-state index contributed by atoms with van der Waals surface area (Å²) in [5.41, 5.74) is 3.74. The number of H-pyrrole nitrogens is 1. The Morgan fingerprint density at radius 2 is 2.20 bits per heavy atom. The van der Waals surface area contributed by atoms with Gasteiger partial charge < -0.3 is 24.7 Å². The maximum atomic E-state index is 15.1. The van der Waals surface area contributed by atoms with Crippen LogP contribution in [0.2, 0.25) is 0 Å². The van der Waals surface area contributed by atoms with E-state index in [4.69, 9.17) is 24.7 Å². The van der Waals surface area contributed by atoms with Crippen molar-refractivity contribution in [3.8, 4) is 0 Å². The van der Waals surface area contributed by atoms with E-state index in [0.29, 0.717) is 0 Å². The smallest absolute Gasteiger partial charge is 0.458 e. The molecule has 0 amide bonds. The third kappa shape index (κ3) is 3.00. The molecule has 0 spiro atoms. The number of nitrogens with one attached hydrogen (secondary N) is 1. The van der Waals surface area contributed by atoms with Crippen LogP contribution in [-0.4, -0.2) is 52.4 Å². The number of aromatic nitrogens is 2. The lowest BCUT2D eigenvalue weighted by atomic mass is 10.1. The van der Waals surface area contributed by atoms with E-state index >= 15 is 4.39 Å². The fraction of sp³-hybridized carbons (Fsp3) is 0.538. The molecule has 3 rings (SSSR count). The first-order valence-corrected chi connectivity index (χ1v) is 7.19. The Labute approximate surface area is 138 Å². The van der Waals surface area contributed by atoms with Crippen molar-refractivity contribution in [2.24, 2.45) is 5.73 Å². The molecule has 1 aromatic heterocycles. The Morgan fingerprint density at radius 1 is 1.48 bits per heavy atom. The highest BCUT2D eigenvalue weighted by Gasteiger charge is 2.65. The molecule has 0 radical (unpaired) electrons. The summed E-state index contributed by atoms with van der Waals surface area (Å²) in [6, 6.07) is 0.00644.